The Hall–Kier alpha value is -1.38. The molecular formula is C19H35N3O3SSi. The number of nitrogens with zero attached hydrogens (tertiary/aromatic N) is 2. The van der Waals surface area contributed by atoms with Crippen molar-refractivity contribution in [3.05, 3.63) is 29.8 Å². The summed E-state index contributed by atoms with van der Waals surface area (Å²) in [5, 5.41) is 6.06. The van der Waals surface area contributed by atoms with Crippen molar-refractivity contribution in [2.75, 3.05) is 7.05 Å². The summed E-state index contributed by atoms with van der Waals surface area (Å²) >= 11 is 0. The molecule has 0 aromatic heterocycles. The smallest absolute Gasteiger partial charge is 0.410 e. The van der Waals surface area contributed by atoms with Gasteiger partial charge in [0.15, 0.2) is 8.24 Å². The third-order valence-electron chi connectivity index (χ3n) is 4.59. The van der Waals surface area contributed by atoms with Gasteiger partial charge in [-0.15, -0.1) is 0 Å². The van der Waals surface area contributed by atoms with Crippen LogP contribution in [0.4, 0.5) is 4.79 Å². The summed E-state index contributed by atoms with van der Waals surface area (Å²) in [5.74, 6) is 0. The molecule has 6 nitrogen and oxygen atoms in total. The number of ether oxygens (including phenoxy) is 1. The predicted molar refractivity (Wildman–Crippen MR) is 114 cm³/mol. The van der Waals surface area contributed by atoms with Crippen LogP contribution in [0.25, 0.3) is 0 Å². The fraction of sp³-hybridized carbons (Fsp3) is 0.632. The lowest BCUT2D eigenvalue weighted by molar-refractivity contribution is 0.0285. The molecule has 0 heterocycles. The Morgan fingerprint density at radius 3 is 2.04 bits per heavy atom. The number of carbonyl (C=O) groups excluding carboxylic acids is 1. The minimum absolute atomic E-state index is 0.0366. The molecule has 8 heteroatoms. The molecule has 0 aliphatic rings. The highest BCUT2D eigenvalue weighted by Crippen LogP contribution is 2.37. The van der Waals surface area contributed by atoms with Gasteiger partial charge < -0.3 is 9.64 Å². The van der Waals surface area contributed by atoms with Crippen LogP contribution in [0.2, 0.25) is 18.1 Å². The van der Waals surface area contributed by atoms with Gasteiger partial charge in [-0.3, -0.25) is 4.03 Å². The average Bonchev–Trinajstić information content (AvgIpc) is 2.43. The monoisotopic (exact) mass is 413 g/mol. The standard InChI is InChI=1S/C19H35N3O3SSi/c1-18(2,3)25-17(23)22(7)14-15-10-12-16(13-11-15)26(20,24)21-27(8,9)19(4,5)6/h10-13H,14H2,1-9H3,(H2,20,21,24). The largest absolute Gasteiger partial charge is 0.444 e. The second-order valence-electron chi connectivity index (χ2n) is 9.45. The Labute approximate surface area is 165 Å². The highest BCUT2D eigenvalue weighted by Gasteiger charge is 2.37. The van der Waals surface area contributed by atoms with E-state index in [-0.39, 0.29) is 11.1 Å². The Balaban J connectivity index is 2.99. The van der Waals surface area contributed by atoms with Gasteiger partial charge in [-0.1, -0.05) is 32.9 Å². The van der Waals surface area contributed by atoms with E-state index in [1.165, 1.54) is 4.90 Å². The first-order valence-corrected chi connectivity index (χ1v) is 13.6. The Kier molecular flexibility index (Phi) is 6.95. The molecular weight excluding hydrogens is 378 g/mol. The van der Waals surface area contributed by atoms with Gasteiger partial charge in [0, 0.05) is 13.6 Å². The Bertz CT molecular complexity index is 784. The maximum absolute atomic E-state index is 13.0. The Morgan fingerprint density at radius 1 is 1.15 bits per heavy atom. The van der Waals surface area contributed by atoms with Crippen LogP contribution in [0.15, 0.2) is 33.2 Å². The second kappa shape index (κ2) is 7.93. The van der Waals surface area contributed by atoms with Gasteiger partial charge in [0.05, 0.1) is 4.90 Å². The normalized spacial score (nSPS) is 15.0. The molecule has 0 fully saturated rings. The van der Waals surface area contributed by atoms with E-state index < -0.39 is 23.8 Å². The molecule has 0 bridgehead atoms. The van der Waals surface area contributed by atoms with Crippen LogP contribution < -0.4 is 5.14 Å². The summed E-state index contributed by atoms with van der Waals surface area (Å²) in [6, 6.07) is 7.11. The van der Waals surface area contributed by atoms with Crippen LogP contribution in [0.5, 0.6) is 0 Å². The maximum atomic E-state index is 13.0. The van der Waals surface area contributed by atoms with Crippen LogP contribution in [-0.2, 0) is 21.2 Å². The molecule has 0 saturated carbocycles. The van der Waals surface area contributed by atoms with Gasteiger partial charge in [-0.2, -0.15) is 0 Å². The predicted octanol–water partition coefficient (Wildman–Crippen LogP) is 4.76. The first kappa shape index (κ1) is 23.7. The zero-order chi connectivity index (χ0) is 21.3. The van der Waals surface area contributed by atoms with Crippen LogP contribution in [0.3, 0.4) is 0 Å². The lowest BCUT2D eigenvalue weighted by Gasteiger charge is -2.32. The third-order valence-corrected chi connectivity index (χ3v) is 12.1. The lowest BCUT2D eigenvalue weighted by atomic mass is 10.2. The van der Waals surface area contributed by atoms with Crippen molar-refractivity contribution in [3.8, 4) is 0 Å². The summed E-state index contributed by atoms with van der Waals surface area (Å²) in [6.07, 6.45) is -0.387. The summed E-state index contributed by atoms with van der Waals surface area (Å²) in [4.78, 5) is 14.1. The summed E-state index contributed by atoms with van der Waals surface area (Å²) in [5.41, 5.74) is 0.362. The van der Waals surface area contributed by atoms with Crippen LogP contribution in [-0.4, -0.2) is 36.1 Å². The van der Waals surface area contributed by atoms with Gasteiger partial charge in [0.1, 0.15) is 15.5 Å². The third kappa shape index (κ3) is 6.93. The van der Waals surface area contributed by atoms with Crippen LogP contribution in [0, 0.1) is 0 Å². The fourth-order valence-corrected chi connectivity index (χ4v) is 6.75. The number of rotatable bonds is 4. The zero-order valence-electron chi connectivity index (χ0n) is 18.1. The van der Waals surface area contributed by atoms with Crippen molar-refractivity contribution in [2.45, 2.75) is 76.7 Å². The molecule has 0 saturated heterocycles. The van der Waals surface area contributed by atoms with E-state index >= 15 is 0 Å². The molecule has 2 N–H and O–H groups in total. The SMILES string of the molecule is CN(Cc1ccc(S(N)(=O)=N[Si](C)(C)C(C)(C)C)cc1)C(=O)OC(C)(C)C. The molecule has 1 aromatic rings. The van der Waals surface area contributed by atoms with Gasteiger partial charge in [-0.25, -0.2) is 14.1 Å². The molecule has 0 aliphatic carbocycles. The Morgan fingerprint density at radius 2 is 1.63 bits per heavy atom. The minimum Gasteiger partial charge on any atom is -0.444 e. The highest BCUT2D eigenvalue weighted by atomic mass is 32.2. The van der Waals surface area contributed by atoms with Crippen molar-refractivity contribution in [1.29, 1.82) is 0 Å². The van der Waals surface area contributed by atoms with E-state index in [0.29, 0.717) is 11.4 Å². The first-order valence-electron chi connectivity index (χ1n) is 9.04. The van der Waals surface area contributed by atoms with Crippen molar-refractivity contribution < 1.29 is 13.7 Å². The van der Waals surface area contributed by atoms with E-state index in [1.807, 2.05) is 32.9 Å². The van der Waals surface area contributed by atoms with E-state index in [9.17, 15) is 9.00 Å². The topological polar surface area (TPSA) is 85.0 Å². The number of benzene rings is 1. The zero-order valence-corrected chi connectivity index (χ0v) is 19.9. The van der Waals surface area contributed by atoms with Crippen molar-refractivity contribution in [1.82, 2.24) is 4.90 Å². The molecule has 0 aliphatic heterocycles. The van der Waals surface area contributed by atoms with Gasteiger partial charge >= 0.3 is 6.09 Å². The van der Waals surface area contributed by atoms with Crippen molar-refractivity contribution >= 4 is 24.2 Å². The van der Waals surface area contributed by atoms with E-state index in [2.05, 4.69) is 37.9 Å². The lowest BCUT2D eigenvalue weighted by Crippen LogP contribution is -2.37. The highest BCUT2D eigenvalue weighted by molar-refractivity contribution is 7.92. The van der Waals surface area contributed by atoms with Gasteiger partial charge in [-0.05, 0) is 56.6 Å². The number of hydrogen-bond donors (Lipinski definition) is 1. The van der Waals surface area contributed by atoms with Crippen molar-refractivity contribution in [2.24, 2.45) is 9.17 Å². The number of nitrogens with two attached hydrogens (primary N) is 1. The fourth-order valence-electron chi connectivity index (χ4n) is 2.00. The summed E-state index contributed by atoms with van der Waals surface area (Å²) in [7, 11) is -3.42. The molecule has 1 rings (SSSR count). The summed E-state index contributed by atoms with van der Waals surface area (Å²) in [6.45, 7) is 16.3. The maximum Gasteiger partial charge on any atom is 0.410 e. The number of carbonyl (C=O) groups is 1. The first-order chi connectivity index (χ1) is 11.9. The molecule has 1 aromatic carbocycles. The molecule has 27 heavy (non-hydrogen) atoms. The molecule has 0 spiro atoms. The molecule has 1 atom stereocenters. The quantitative estimate of drug-likeness (QED) is 0.722. The van der Waals surface area contributed by atoms with E-state index in [1.54, 1.807) is 19.2 Å². The summed E-state index contributed by atoms with van der Waals surface area (Å²) < 4.78 is 23.0. The molecule has 1 unspecified atom stereocenters. The van der Waals surface area contributed by atoms with Crippen LogP contribution in [0.1, 0.15) is 47.1 Å². The minimum atomic E-state index is -2.96. The number of amides is 1. The average molecular weight is 414 g/mol. The molecule has 0 radical (unpaired) electrons. The molecule has 154 valence electrons. The van der Waals surface area contributed by atoms with Gasteiger partial charge in [0.25, 0.3) is 0 Å². The van der Waals surface area contributed by atoms with E-state index in [4.69, 9.17) is 9.88 Å². The molecule has 1 amide bonds. The second-order valence-corrected chi connectivity index (χ2v) is 16.4. The van der Waals surface area contributed by atoms with Gasteiger partial charge in [0.2, 0.25) is 0 Å². The van der Waals surface area contributed by atoms with Crippen molar-refractivity contribution in [3.63, 3.8) is 0 Å². The van der Waals surface area contributed by atoms with Crippen LogP contribution >= 0.6 is 0 Å². The van der Waals surface area contributed by atoms with E-state index in [0.717, 1.165) is 5.56 Å². The number of hydrogen-bond acceptors (Lipinski definition) is 4.